The van der Waals surface area contributed by atoms with Gasteiger partial charge in [0.15, 0.2) is 0 Å². The molecule has 0 aliphatic rings. The average Bonchev–Trinajstić information content (AvgIpc) is 3.07. The van der Waals surface area contributed by atoms with E-state index in [0.717, 1.165) is 15.8 Å². The molecule has 0 fully saturated rings. The molecule has 0 spiro atoms. The topological polar surface area (TPSA) is 63.0 Å². The Morgan fingerprint density at radius 1 is 1.23 bits per heavy atom. The molecule has 0 aliphatic heterocycles. The number of nitriles is 1. The number of nitrogens with zero attached hydrogens (tertiary/aromatic N) is 2. The molecule has 1 aromatic heterocycles. The first kappa shape index (κ1) is 17.8. The summed E-state index contributed by atoms with van der Waals surface area (Å²) in [5.74, 6) is -0.207. The van der Waals surface area contributed by atoms with Gasteiger partial charge < -0.3 is 4.74 Å². The maximum Gasteiger partial charge on any atom is 0.349 e. The zero-order valence-corrected chi connectivity index (χ0v) is 15.4. The number of ether oxygens (including phenoxy) is 1. The van der Waals surface area contributed by atoms with E-state index in [-0.39, 0.29) is 12.2 Å². The van der Waals surface area contributed by atoms with E-state index in [9.17, 15) is 10.1 Å². The van der Waals surface area contributed by atoms with Crippen molar-refractivity contribution in [3.63, 3.8) is 0 Å². The quantitative estimate of drug-likeness (QED) is 0.361. The monoisotopic (exact) mass is 362 g/mol. The van der Waals surface area contributed by atoms with Crippen LogP contribution in [0.1, 0.15) is 35.9 Å². The second kappa shape index (κ2) is 7.94. The summed E-state index contributed by atoms with van der Waals surface area (Å²) in [5.41, 5.74) is 2.86. The fourth-order valence-electron chi connectivity index (χ4n) is 2.47. The second-order valence-electron chi connectivity index (χ2n) is 6.14. The second-order valence-corrected chi connectivity index (χ2v) is 7.26. The number of thiazole rings is 1. The summed E-state index contributed by atoms with van der Waals surface area (Å²) in [6.07, 6.45) is 1.55. The lowest BCUT2D eigenvalue weighted by molar-refractivity contribution is -0.139. The van der Waals surface area contributed by atoms with Crippen molar-refractivity contribution in [2.75, 3.05) is 0 Å². The molecule has 0 bridgehead atoms. The molecule has 0 atom stereocenters. The maximum absolute atomic E-state index is 12.2. The molecule has 0 unspecified atom stereocenters. The van der Waals surface area contributed by atoms with Crippen molar-refractivity contribution < 1.29 is 9.53 Å². The first-order valence-electron chi connectivity index (χ1n) is 8.30. The van der Waals surface area contributed by atoms with Gasteiger partial charge in [0.25, 0.3) is 0 Å². The maximum atomic E-state index is 12.2. The third-order valence-corrected chi connectivity index (χ3v) is 4.93. The highest BCUT2D eigenvalue weighted by Gasteiger charge is 2.13. The van der Waals surface area contributed by atoms with Gasteiger partial charge in [0.05, 0.1) is 10.2 Å². The lowest BCUT2D eigenvalue weighted by Crippen LogP contribution is -2.06. The van der Waals surface area contributed by atoms with E-state index in [1.54, 1.807) is 6.08 Å². The highest BCUT2D eigenvalue weighted by atomic mass is 32.1. The minimum Gasteiger partial charge on any atom is -0.454 e. The largest absolute Gasteiger partial charge is 0.454 e. The highest BCUT2D eigenvalue weighted by molar-refractivity contribution is 7.18. The zero-order valence-electron chi connectivity index (χ0n) is 14.6. The van der Waals surface area contributed by atoms with Crippen molar-refractivity contribution in [3.05, 3.63) is 70.2 Å². The average molecular weight is 362 g/mol. The minimum atomic E-state index is -0.639. The molecule has 0 amide bonds. The van der Waals surface area contributed by atoms with Crippen molar-refractivity contribution in [2.45, 2.75) is 26.4 Å². The predicted octanol–water partition coefficient (Wildman–Crippen LogP) is 5.07. The van der Waals surface area contributed by atoms with E-state index in [1.807, 2.05) is 54.6 Å². The van der Waals surface area contributed by atoms with Crippen molar-refractivity contribution >= 4 is 33.6 Å². The summed E-state index contributed by atoms with van der Waals surface area (Å²) in [6, 6.07) is 17.5. The normalized spacial score (nSPS) is 11.5. The molecule has 0 aliphatic carbocycles. The van der Waals surface area contributed by atoms with Gasteiger partial charge in [-0.1, -0.05) is 50.2 Å². The minimum absolute atomic E-state index is 0.0246. The van der Waals surface area contributed by atoms with Gasteiger partial charge in [-0.2, -0.15) is 5.26 Å². The first-order valence-corrected chi connectivity index (χ1v) is 9.12. The number of carbonyl (C=O) groups is 1. The summed E-state index contributed by atoms with van der Waals surface area (Å²) in [6.45, 7) is 4.29. The van der Waals surface area contributed by atoms with Gasteiger partial charge in [0.2, 0.25) is 0 Å². The van der Waals surface area contributed by atoms with Crippen LogP contribution in [-0.4, -0.2) is 11.0 Å². The Kier molecular flexibility index (Phi) is 5.45. The van der Waals surface area contributed by atoms with Crippen LogP contribution in [0, 0.1) is 11.3 Å². The van der Waals surface area contributed by atoms with Crippen LogP contribution in [0.2, 0.25) is 0 Å². The Morgan fingerprint density at radius 3 is 2.62 bits per heavy atom. The van der Waals surface area contributed by atoms with E-state index >= 15 is 0 Å². The van der Waals surface area contributed by atoms with Crippen LogP contribution in [-0.2, 0) is 16.1 Å². The van der Waals surface area contributed by atoms with Gasteiger partial charge in [-0.05, 0) is 35.3 Å². The number of carbonyl (C=O) groups excluding carboxylic acids is 1. The third-order valence-electron chi connectivity index (χ3n) is 3.92. The summed E-state index contributed by atoms with van der Waals surface area (Å²) < 4.78 is 6.30. The van der Waals surface area contributed by atoms with Crippen molar-refractivity contribution in [2.24, 2.45) is 0 Å². The molecule has 0 saturated carbocycles. The van der Waals surface area contributed by atoms with Gasteiger partial charge in [-0.25, -0.2) is 9.78 Å². The molecule has 130 valence electrons. The smallest absolute Gasteiger partial charge is 0.349 e. The van der Waals surface area contributed by atoms with Gasteiger partial charge in [-0.15, -0.1) is 11.3 Å². The van der Waals surface area contributed by atoms with Crippen molar-refractivity contribution in [1.82, 2.24) is 4.98 Å². The molecule has 2 aromatic carbocycles. The van der Waals surface area contributed by atoms with Crippen LogP contribution in [0.4, 0.5) is 0 Å². The van der Waals surface area contributed by atoms with Crippen LogP contribution >= 0.6 is 11.3 Å². The molecular formula is C21H18N2O2S. The van der Waals surface area contributed by atoms with Crippen LogP contribution in [0.15, 0.2) is 54.1 Å². The third kappa shape index (κ3) is 4.16. The van der Waals surface area contributed by atoms with Crippen LogP contribution in [0.3, 0.4) is 0 Å². The van der Waals surface area contributed by atoms with Gasteiger partial charge in [0, 0.05) is 0 Å². The number of para-hydroxylation sites is 1. The Morgan fingerprint density at radius 2 is 1.96 bits per heavy atom. The molecule has 4 nitrogen and oxygen atoms in total. The molecule has 1 heterocycles. The van der Waals surface area contributed by atoms with Gasteiger partial charge in [0.1, 0.15) is 23.3 Å². The van der Waals surface area contributed by atoms with Crippen molar-refractivity contribution in [3.8, 4) is 6.07 Å². The Labute approximate surface area is 156 Å². The fraction of sp³-hybridized carbons (Fsp3) is 0.190. The van der Waals surface area contributed by atoms with E-state index in [2.05, 4.69) is 18.8 Å². The van der Waals surface area contributed by atoms with E-state index in [0.29, 0.717) is 10.9 Å². The van der Waals surface area contributed by atoms with Crippen LogP contribution in [0.25, 0.3) is 16.3 Å². The molecule has 0 radical (unpaired) electrons. The van der Waals surface area contributed by atoms with Gasteiger partial charge in [-0.3, -0.25) is 0 Å². The molecule has 5 heteroatoms. The Balaban J connectivity index is 1.69. The van der Waals surface area contributed by atoms with E-state index in [1.165, 1.54) is 16.9 Å². The summed E-state index contributed by atoms with van der Waals surface area (Å²) >= 11 is 1.48. The molecule has 0 N–H and O–H groups in total. The SMILES string of the molecule is CC(C)c1ccc(/C=C(\C#N)C(=O)OCc2nc3ccccc3s2)cc1. The van der Waals surface area contributed by atoms with Crippen LogP contribution < -0.4 is 0 Å². The summed E-state index contributed by atoms with van der Waals surface area (Å²) in [5, 5.41) is 9.99. The molecule has 3 rings (SSSR count). The molecule has 0 saturated heterocycles. The standard InChI is InChI=1S/C21H18N2O2S/c1-14(2)16-9-7-15(8-10-16)11-17(12-22)21(24)25-13-20-23-18-5-3-4-6-19(18)26-20/h3-11,14H,13H2,1-2H3/b17-11+. The number of hydrogen-bond acceptors (Lipinski definition) is 5. The summed E-state index contributed by atoms with van der Waals surface area (Å²) in [7, 11) is 0. The number of benzene rings is 2. The predicted molar refractivity (Wildman–Crippen MR) is 104 cm³/mol. The highest BCUT2D eigenvalue weighted by Crippen LogP contribution is 2.22. The van der Waals surface area contributed by atoms with Crippen LogP contribution in [0.5, 0.6) is 0 Å². The molecular weight excluding hydrogens is 344 g/mol. The zero-order chi connectivity index (χ0) is 18.5. The number of hydrogen-bond donors (Lipinski definition) is 0. The fourth-order valence-corrected chi connectivity index (χ4v) is 3.35. The number of esters is 1. The molecule has 26 heavy (non-hydrogen) atoms. The lowest BCUT2D eigenvalue weighted by atomic mass is 10.0. The van der Waals surface area contributed by atoms with E-state index in [4.69, 9.17) is 4.74 Å². The van der Waals surface area contributed by atoms with Crippen molar-refractivity contribution in [1.29, 1.82) is 5.26 Å². The summed E-state index contributed by atoms with van der Waals surface area (Å²) in [4.78, 5) is 16.6. The number of rotatable bonds is 5. The van der Waals surface area contributed by atoms with E-state index < -0.39 is 5.97 Å². The Bertz CT molecular complexity index is 962. The Hall–Kier alpha value is -2.97. The number of fused-ring (bicyclic) bond motifs is 1. The number of aromatic nitrogens is 1. The lowest BCUT2D eigenvalue weighted by Gasteiger charge is -2.05. The van der Waals surface area contributed by atoms with Gasteiger partial charge >= 0.3 is 5.97 Å². The molecule has 3 aromatic rings. The first-order chi connectivity index (χ1) is 12.6.